The molecule has 0 saturated heterocycles. The average molecular weight is 301 g/mol. The molecule has 1 amide bonds. The van der Waals surface area contributed by atoms with Crippen molar-refractivity contribution in [1.82, 2.24) is 14.5 Å². The predicted molar refractivity (Wildman–Crippen MR) is 87.7 cm³/mol. The van der Waals surface area contributed by atoms with Crippen molar-refractivity contribution in [2.24, 2.45) is 7.05 Å². The van der Waals surface area contributed by atoms with Gasteiger partial charge in [0.1, 0.15) is 5.82 Å². The Labute approximate surface area is 130 Å². The zero-order valence-electron chi connectivity index (χ0n) is 13.7. The molecule has 1 aromatic carbocycles. The number of hydrogen-bond donors (Lipinski definition) is 0. The Morgan fingerprint density at radius 1 is 1.32 bits per heavy atom. The number of amides is 1. The smallest absolute Gasteiger partial charge is 0.261 e. The summed E-state index contributed by atoms with van der Waals surface area (Å²) < 4.78 is 1.55. The van der Waals surface area contributed by atoms with Crippen LogP contribution in [-0.4, -0.2) is 26.9 Å². The van der Waals surface area contributed by atoms with E-state index in [0.717, 1.165) is 6.42 Å². The molecule has 2 aromatic rings. The number of aromatic nitrogens is 2. The topological polar surface area (TPSA) is 55.2 Å². The Hall–Kier alpha value is -2.17. The first-order chi connectivity index (χ1) is 10.5. The SMILES string of the molecule is CCCN(C(=O)CC)C(C)c1nc2ccccc2c(=O)n1C. The molecule has 0 aliphatic carbocycles. The fourth-order valence-corrected chi connectivity index (χ4v) is 2.73. The van der Waals surface area contributed by atoms with E-state index in [1.807, 2.05) is 39.0 Å². The summed E-state index contributed by atoms with van der Waals surface area (Å²) in [6.07, 6.45) is 1.32. The van der Waals surface area contributed by atoms with Gasteiger partial charge in [0.2, 0.25) is 5.91 Å². The molecule has 1 unspecified atom stereocenters. The number of benzene rings is 1. The Balaban J connectivity index is 2.55. The van der Waals surface area contributed by atoms with E-state index in [1.165, 1.54) is 0 Å². The molecule has 0 N–H and O–H groups in total. The van der Waals surface area contributed by atoms with Gasteiger partial charge in [0, 0.05) is 20.0 Å². The maximum absolute atomic E-state index is 12.5. The molecule has 5 nitrogen and oxygen atoms in total. The lowest BCUT2D eigenvalue weighted by Gasteiger charge is -2.29. The molecule has 1 heterocycles. The summed E-state index contributed by atoms with van der Waals surface area (Å²) in [5.41, 5.74) is 0.598. The fourth-order valence-electron chi connectivity index (χ4n) is 2.73. The molecule has 0 aliphatic heterocycles. The number of nitrogens with zero attached hydrogens (tertiary/aromatic N) is 3. The largest absolute Gasteiger partial charge is 0.333 e. The lowest BCUT2D eigenvalue weighted by molar-refractivity contribution is -0.133. The minimum atomic E-state index is -0.227. The van der Waals surface area contributed by atoms with Gasteiger partial charge in [-0.25, -0.2) is 4.98 Å². The van der Waals surface area contributed by atoms with Gasteiger partial charge in [0.25, 0.3) is 5.56 Å². The van der Waals surface area contributed by atoms with Crippen molar-refractivity contribution in [3.05, 3.63) is 40.4 Å². The summed E-state index contributed by atoms with van der Waals surface area (Å²) in [5.74, 6) is 0.704. The molecule has 0 radical (unpaired) electrons. The monoisotopic (exact) mass is 301 g/mol. The van der Waals surface area contributed by atoms with Gasteiger partial charge >= 0.3 is 0 Å². The minimum absolute atomic E-state index is 0.0761. The average Bonchev–Trinajstić information content (AvgIpc) is 2.54. The van der Waals surface area contributed by atoms with E-state index in [9.17, 15) is 9.59 Å². The predicted octanol–water partition coefficient (Wildman–Crippen LogP) is 2.64. The van der Waals surface area contributed by atoms with Crippen molar-refractivity contribution in [2.75, 3.05) is 6.54 Å². The molecule has 0 bridgehead atoms. The molecule has 118 valence electrons. The summed E-state index contributed by atoms with van der Waals surface area (Å²) in [6, 6.07) is 7.08. The highest BCUT2D eigenvalue weighted by molar-refractivity contribution is 5.78. The molecule has 0 spiro atoms. The third-order valence-corrected chi connectivity index (χ3v) is 3.95. The van der Waals surface area contributed by atoms with Gasteiger partial charge in [-0.1, -0.05) is 26.0 Å². The van der Waals surface area contributed by atoms with E-state index in [4.69, 9.17) is 0 Å². The molecule has 0 fully saturated rings. The molecule has 5 heteroatoms. The maximum Gasteiger partial charge on any atom is 0.261 e. The number of carbonyl (C=O) groups excluding carboxylic acids is 1. The van der Waals surface area contributed by atoms with Crippen molar-refractivity contribution < 1.29 is 4.79 Å². The first kappa shape index (κ1) is 16.2. The highest BCUT2D eigenvalue weighted by atomic mass is 16.2. The number of hydrogen-bond acceptors (Lipinski definition) is 3. The quantitative estimate of drug-likeness (QED) is 0.853. The molecule has 2 rings (SSSR count). The standard InChI is InChI=1S/C17H23N3O2/c1-5-11-20(15(21)6-2)12(3)16-18-14-10-8-7-9-13(14)17(22)19(16)4/h7-10,12H,5-6,11H2,1-4H3. The Morgan fingerprint density at radius 3 is 2.64 bits per heavy atom. The highest BCUT2D eigenvalue weighted by Crippen LogP contribution is 2.20. The van der Waals surface area contributed by atoms with E-state index in [-0.39, 0.29) is 17.5 Å². The summed E-state index contributed by atoms with van der Waals surface area (Å²) in [5, 5.41) is 0.602. The van der Waals surface area contributed by atoms with Crippen LogP contribution in [0.4, 0.5) is 0 Å². The van der Waals surface area contributed by atoms with Crippen LogP contribution in [0.15, 0.2) is 29.1 Å². The van der Waals surface area contributed by atoms with E-state index in [0.29, 0.717) is 29.7 Å². The van der Waals surface area contributed by atoms with Crippen LogP contribution in [0.2, 0.25) is 0 Å². The Bertz CT molecular complexity index is 736. The van der Waals surface area contributed by atoms with Crippen LogP contribution in [0.3, 0.4) is 0 Å². The Morgan fingerprint density at radius 2 is 2.00 bits per heavy atom. The second-order valence-corrected chi connectivity index (χ2v) is 5.47. The molecular weight excluding hydrogens is 278 g/mol. The summed E-state index contributed by atoms with van der Waals surface area (Å²) in [7, 11) is 1.72. The zero-order chi connectivity index (χ0) is 16.3. The van der Waals surface area contributed by atoms with Crippen molar-refractivity contribution in [2.45, 2.75) is 39.7 Å². The molecule has 1 aromatic heterocycles. The van der Waals surface area contributed by atoms with Crippen LogP contribution >= 0.6 is 0 Å². The maximum atomic E-state index is 12.5. The van der Waals surface area contributed by atoms with Crippen LogP contribution in [0, 0.1) is 0 Å². The lowest BCUT2D eigenvalue weighted by atomic mass is 10.2. The lowest BCUT2D eigenvalue weighted by Crippen LogP contribution is -2.37. The zero-order valence-corrected chi connectivity index (χ0v) is 13.7. The van der Waals surface area contributed by atoms with E-state index in [1.54, 1.807) is 22.6 Å². The first-order valence-electron chi connectivity index (χ1n) is 7.76. The van der Waals surface area contributed by atoms with Gasteiger partial charge in [-0.2, -0.15) is 0 Å². The van der Waals surface area contributed by atoms with E-state index >= 15 is 0 Å². The Kier molecular flexibility index (Phi) is 4.96. The van der Waals surface area contributed by atoms with Gasteiger partial charge in [-0.3, -0.25) is 14.2 Å². The van der Waals surface area contributed by atoms with E-state index in [2.05, 4.69) is 4.98 Å². The van der Waals surface area contributed by atoms with Crippen molar-refractivity contribution in [1.29, 1.82) is 0 Å². The van der Waals surface area contributed by atoms with Gasteiger partial charge < -0.3 is 4.90 Å². The summed E-state index contributed by atoms with van der Waals surface area (Å²) in [6.45, 7) is 6.48. The highest BCUT2D eigenvalue weighted by Gasteiger charge is 2.23. The fraction of sp³-hybridized carbons (Fsp3) is 0.471. The number of fused-ring (bicyclic) bond motifs is 1. The van der Waals surface area contributed by atoms with Gasteiger partial charge in [-0.05, 0) is 25.5 Å². The van der Waals surface area contributed by atoms with Crippen LogP contribution in [0.1, 0.15) is 45.5 Å². The molecule has 0 aliphatic rings. The number of para-hydroxylation sites is 1. The van der Waals surface area contributed by atoms with Crippen LogP contribution < -0.4 is 5.56 Å². The second-order valence-electron chi connectivity index (χ2n) is 5.47. The van der Waals surface area contributed by atoms with Crippen LogP contribution in [-0.2, 0) is 11.8 Å². The van der Waals surface area contributed by atoms with E-state index < -0.39 is 0 Å². The number of rotatable bonds is 5. The van der Waals surface area contributed by atoms with Crippen molar-refractivity contribution >= 4 is 16.8 Å². The molecule has 1 atom stereocenters. The minimum Gasteiger partial charge on any atom is -0.333 e. The third-order valence-electron chi connectivity index (χ3n) is 3.95. The van der Waals surface area contributed by atoms with Crippen LogP contribution in [0.5, 0.6) is 0 Å². The summed E-state index contributed by atoms with van der Waals surface area (Å²) >= 11 is 0. The van der Waals surface area contributed by atoms with Gasteiger partial charge in [0.15, 0.2) is 0 Å². The number of carbonyl (C=O) groups is 1. The molecular formula is C17H23N3O2. The second kappa shape index (κ2) is 6.73. The van der Waals surface area contributed by atoms with Crippen molar-refractivity contribution in [3.8, 4) is 0 Å². The van der Waals surface area contributed by atoms with Crippen LogP contribution in [0.25, 0.3) is 10.9 Å². The first-order valence-corrected chi connectivity index (χ1v) is 7.76. The molecule has 22 heavy (non-hydrogen) atoms. The third kappa shape index (κ3) is 2.89. The van der Waals surface area contributed by atoms with Crippen molar-refractivity contribution in [3.63, 3.8) is 0 Å². The van der Waals surface area contributed by atoms with Gasteiger partial charge in [-0.15, -0.1) is 0 Å². The van der Waals surface area contributed by atoms with Gasteiger partial charge in [0.05, 0.1) is 16.9 Å². The normalized spacial score (nSPS) is 12.4. The summed E-state index contributed by atoms with van der Waals surface area (Å²) in [4.78, 5) is 31.1. The molecule has 0 saturated carbocycles.